The molecule has 0 atom stereocenters. The maximum absolute atomic E-state index is 12.1. The van der Waals surface area contributed by atoms with E-state index in [4.69, 9.17) is 10.2 Å². The number of H-pyrrole nitrogens is 1. The fourth-order valence-corrected chi connectivity index (χ4v) is 2.35. The minimum Gasteiger partial charge on any atom is -0.428 e. The van der Waals surface area contributed by atoms with Gasteiger partial charge in [0.25, 0.3) is 6.01 Å². The lowest BCUT2D eigenvalue weighted by molar-refractivity contribution is -0.132. The Labute approximate surface area is 110 Å². The number of fused-ring (bicyclic) bond motifs is 1. The molecule has 6 nitrogen and oxygen atoms in total. The second-order valence-electron chi connectivity index (χ2n) is 4.68. The molecule has 0 spiro atoms. The molecule has 0 fully saturated rings. The van der Waals surface area contributed by atoms with Crippen molar-refractivity contribution in [3.05, 3.63) is 35.5 Å². The van der Waals surface area contributed by atoms with Crippen LogP contribution in [0.1, 0.15) is 23.6 Å². The topological polar surface area (TPSA) is 88.2 Å². The number of rotatable bonds is 3. The zero-order chi connectivity index (χ0) is 13.2. The summed E-state index contributed by atoms with van der Waals surface area (Å²) in [4.78, 5) is 21.1. The van der Waals surface area contributed by atoms with Gasteiger partial charge in [-0.25, -0.2) is 0 Å². The highest BCUT2D eigenvalue weighted by Crippen LogP contribution is 2.21. The Hall–Kier alpha value is -2.24. The Morgan fingerprint density at radius 2 is 2.47 bits per heavy atom. The molecule has 2 aromatic heterocycles. The van der Waals surface area contributed by atoms with Crippen LogP contribution in [0, 0.1) is 0 Å². The quantitative estimate of drug-likeness (QED) is 0.865. The lowest BCUT2D eigenvalue weighted by Crippen LogP contribution is -2.35. The van der Waals surface area contributed by atoms with Gasteiger partial charge in [-0.1, -0.05) is 0 Å². The summed E-state index contributed by atoms with van der Waals surface area (Å²) >= 11 is 0. The van der Waals surface area contributed by atoms with Gasteiger partial charge in [0.15, 0.2) is 0 Å². The smallest absolute Gasteiger partial charge is 0.292 e. The molecule has 0 saturated heterocycles. The van der Waals surface area contributed by atoms with Crippen LogP contribution in [0.25, 0.3) is 0 Å². The number of carbonyl (C=O) groups is 1. The average Bonchev–Trinajstić information content (AvgIpc) is 3.02. The normalized spacial score (nSPS) is 14.4. The fraction of sp³-hybridized carbons (Fsp3) is 0.385. The molecule has 0 aromatic carbocycles. The predicted molar refractivity (Wildman–Crippen MR) is 69.2 cm³/mol. The Kier molecular flexibility index (Phi) is 2.98. The number of oxazole rings is 1. The lowest BCUT2D eigenvalue weighted by atomic mass is 10.1. The summed E-state index contributed by atoms with van der Waals surface area (Å²) in [6.07, 6.45) is 3.79. The van der Waals surface area contributed by atoms with E-state index < -0.39 is 0 Å². The molecular weight excluding hydrogens is 244 g/mol. The number of hydrogen-bond donors (Lipinski definition) is 2. The van der Waals surface area contributed by atoms with Gasteiger partial charge in [-0.15, -0.1) is 0 Å². The fourth-order valence-electron chi connectivity index (χ4n) is 2.35. The van der Waals surface area contributed by atoms with Gasteiger partial charge in [0.2, 0.25) is 5.91 Å². The first-order valence-electron chi connectivity index (χ1n) is 6.36. The maximum Gasteiger partial charge on any atom is 0.292 e. The Morgan fingerprint density at radius 3 is 3.26 bits per heavy atom. The van der Waals surface area contributed by atoms with Crippen LogP contribution in [0.15, 0.2) is 22.7 Å². The van der Waals surface area contributed by atoms with Crippen LogP contribution in [-0.4, -0.2) is 27.3 Å². The van der Waals surface area contributed by atoms with E-state index in [0.717, 1.165) is 23.6 Å². The van der Waals surface area contributed by atoms with Crippen LogP contribution < -0.4 is 5.73 Å². The van der Waals surface area contributed by atoms with Crippen molar-refractivity contribution >= 4 is 11.9 Å². The molecule has 19 heavy (non-hydrogen) atoms. The number of nitrogens with two attached hydrogens (primary N) is 1. The van der Waals surface area contributed by atoms with Gasteiger partial charge in [-0.2, -0.15) is 4.98 Å². The molecular formula is C13H16N4O2. The molecule has 0 bridgehead atoms. The van der Waals surface area contributed by atoms with E-state index in [0.29, 0.717) is 25.9 Å². The van der Waals surface area contributed by atoms with Crippen molar-refractivity contribution in [2.24, 2.45) is 0 Å². The van der Waals surface area contributed by atoms with Gasteiger partial charge in [0.1, 0.15) is 11.5 Å². The van der Waals surface area contributed by atoms with Crippen LogP contribution in [0.5, 0.6) is 0 Å². The Balaban J connectivity index is 1.59. The third-order valence-electron chi connectivity index (χ3n) is 3.37. The summed E-state index contributed by atoms with van der Waals surface area (Å²) in [5.74, 6) is 0.952. The number of anilines is 1. The molecule has 0 unspecified atom stereocenters. The van der Waals surface area contributed by atoms with Gasteiger partial charge in [0.05, 0.1) is 6.54 Å². The molecule has 3 heterocycles. The number of nitrogens with one attached hydrogen (secondary N) is 1. The van der Waals surface area contributed by atoms with Crippen LogP contribution in [0.2, 0.25) is 0 Å². The van der Waals surface area contributed by atoms with Crippen LogP contribution >= 0.6 is 0 Å². The van der Waals surface area contributed by atoms with Crippen molar-refractivity contribution in [1.29, 1.82) is 0 Å². The van der Waals surface area contributed by atoms with Crippen molar-refractivity contribution in [2.45, 2.75) is 25.8 Å². The molecule has 1 amide bonds. The molecule has 2 aromatic rings. The second kappa shape index (κ2) is 4.79. The van der Waals surface area contributed by atoms with Crippen LogP contribution in [0.3, 0.4) is 0 Å². The van der Waals surface area contributed by atoms with Gasteiger partial charge < -0.3 is 20.0 Å². The van der Waals surface area contributed by atoms with E-state index in [1.807, 2.05) is 23.2 Å². The summed E-state index contributed by atoms with van der Waals surface area (Å²) < 4.78 is 5.28. The van der Waals surface area contributed by atoms with Gasteiger partial charge >= 0.3 is 0 Å². The summed E-state index contributed by atoms with van der Waals surface area (Å²) in [6, 6.07) is 4.11. The summed E-state index contributed by atoms with van der Waals surface area (Å²) in [5, 5.41) is 0. The van der Waals surface area contributed by atoms with Gasteiger partial charge in [-0.05, 0) is 18.6 Å². The first-order valence-corrected chi connectivity index (χ1v) is 6.36. The van der Waals surface area contributed by atoms with Crippen molar-refractivity contribution in [2.75, 3.05) is 12.3 Å². The number of aromatic amines is 1. The number of amides is 1. The third kappa shape index (κ3) is 2.47. The largest absolute Gasteiger partial charge is 0.428 e. The molecule has 100 valence electrons. The van der Waals surface area contributed by atoms with Crippen molar-refractivity contribution in [1.82, 2.24) is 14.9 Å². The first kappa shape index (κ1) is 11.8. The highest BCUT2D eigenvalue weighted by molar-refractivity contribution is 5.76. The van der Waals surface area contributed by atoms with Gasteiger partial charge in [0, 0.05) is 31.3 Å². The van der Waals surface area contributed by atoms with E-state index >= 15 is 0 Å². The molecule has 1 aliphatic rings. The molecule has 0 aliphatic carbocycles. The Bertz CT molecular complexity index is 573. The van der Waals surface area contributed by atoms with Crippen LogP contribution in [0.4, 0.5) is 6.01 Å². The van der Waals surface area contributed by atoms with E-state index in [1.165, 1.54) is 0 Å². The molecule has 3 N–H and O–H groups in total. The summed E-state index contributed by atoms with van der Waals surface area (Å²) in [6.45, 7) is 1.17. The van der Waals surface area contributed by atoms with Crippen molar-refractivity contribution in [3.8, 4) is 0 Å². The molecule has 0 saturated carbocycles. The lowest BCUT2D eigenvalue weighted by Gasteiger charge is -2.25. The highest BCUT2D eigenvalue weighted by Gasteiger charge is 2.24. The number of nitrogen functional groups attached to an aromatic ring is 1. The molecule has 1 aliphatic heterocycles. The summed E-state index contributed by atoms with van der Waals surface area (Å²) in [7, 11) is 0. The van der Waals surface area contributed by atoms with Crippen molar-refractivity contribution in [3.63, 3.8) is 0 Å². The number of aryl methyl sites for hydroxylation is 1. The predicted octanol–water partition coefficient (Wildman–Crippen LogP) is 1.10. The van der Waals surface area contributed by atoms with Crippen LogP contribution in [-0.2, 0) is 24.2 Å². The monoisotopic (exact) mass is 260 g/mol. The van der Waals surface area contributed by atoms with E-state index in [-0.39, 0.29) is 11.9 Å². The third-order valence-corrected chi connectivity index (χ3v) is 3.37. The molecule has 6 heteroatoms. The second-order valence-corrected chi connectivity index (χ2v) is 4.68. The van der Waals surface area contributed by atoms with E-state index in [9.17, 15) is 4.79 Å². The zero-order valence-corrected chi connectivity index (χ0v) is 10.6. The standard InChI is InChI=1S/C13H16N4O2/c14-13-16-10-8-17(7-5-11(10)19-13)12(18)4-3-9-2-1-6-15-9/h1-2,6,15H,3-5,7-8H2,(H2,14,16). The average molecular weight is 260 g/mol. The van der Waals surface area contributed by atoms with E-state index in [2.05, 4.69) is 9.97 Å². The minimum absolute atomic E-state index is 0.141. The van der Waals surface area contributed by atoms with Gasteiger partial charge in [-0.3, -0.25) is 4.79 Å². The number of aromatic nitrogens is 2. The maximum atomic E-state index is 12.1. The number of nitrogens with zero attached hydrogens (tertiary/aromatic N) is 2. The molecule has 0 radical (unpaired) electrons. The van der Waals surface area contributed by atoms with E-state index in [1.54, 1.807) is 0 Å². The summed E-state index contributed by atoms with van der Waals surface area (Å²) in [5.41, 5.74) is 7.39. The van der Waals surface area contributed by atoms with Crippen molar-refractivity contribution < 1.29 is 9.21 Å². The highest BCUT2D eigenvalue weighted by atomic mass is 16.4. The molecule has 3 rings (SSSR count). The number of carbonyl (C=O) groups excluding carboxylic acids is 1. The minimum atomic E-state index is 0.141. The first-order chi connectivity index (χ1) is 9.22. The Morgan fingerprint density at radius 1 is 1.58 bits per heavy atom. The number of hydrogen-bond acceptors (Lipinski definition) is 4. The SMILES string of the molecule is Nc1nc2c(o1)CCN(C(=O)CCc1ccc[nH]1)C2. The zero-order valence-electron chi connectivity index (χ0n) is 10.6.